The highest BCUT2D eigenvalue weighted by Gasteiger charge is 2.12. The molecule has 0 radical (unpaired) electrons. The van der Waals surface area contributed by atoms with Crippen LogP contribution in [0.25, 0.3) is 0 Å². The molecule has 3 N–H and O–H groups in total. The van der Waals surface area contributed by atoms with Crippen molar-refractivity contribution in [2.24, 2.45) is 0 Å². The molecule has 2 rings (SSSR count). The van der Waals surface area contributed by atoms with Crippen LogP contribution in [0.2, 0.25) is 0 Å². The van der Waals surface area contributed by atoms with Crippen molar-refractivity contribution in [3.63, 3.8) is 0 Å². The second-order valence-corrected chi connectivity index (χ2v) is 3.56. The van der Waals surface area contributed by atoms with Crippen LogP contribution in [0.5, 0.6) is 0 Å². The van der Waals surface area contributed by atoms with Gasteiger partial charge >= 0.3 is 5.97 Å². The van der Waals surface area contributed by atoms with Crippen LogP contribution in [0.1, 0.15) is 22.1 Å². The molecule has 0 amide bonds. The van der Waals surface area contributed by atoms with E-state index in [1.165, 1.54) is 0 Å². The van der Waals surface area contributed by atoms with Crippen molar-refractivity contribution >= 4 is 11.7 Å². The number of carboxylic acid groups (broad SMARTS) is 1. The van der Waals surface area contributed by atoms with Crippen molar-refractivity contribution in [2.75, 3.05) is 5.73 Å². The monoisotopic (exact) mass is 233 g/mol. The van der Waals surface area contributed by atoms with E-state index in [-0.39, 0.29) is 5.82 Å². The lowest BCUT2D eigenvalue weighted by molar-refractivity contribution is 0.0680. The number of anilines is 1. The van der Waals surface area contributed by atoms with Crippen LogP contribution in [-0.4, -0.2) is 21.2 Å². The van der Waals surface area contributed by atoms with Crippen molar-refractivity contribution in [2.45, 2.75) is 12.8 Å². The predicted octanol–water partition coefficient (Wildman–Crippen LogP) is 1.14. The molecule has 0 bridgehead atoms. The van der Waals surface area contributed by atoms with Gasteiger partial charge in [0, 0.05) is 12.1 Å². The highest BCUT2D eigenvalue weighted by atomic mass is 16.5. The van der Waals surface area contributed by atoms with E-state index in [0.29, 0.717) is 24.4 Å². The van der Waals surface area contributed by atoms with Crippen molar-refractivity contribution < 1.29 is 14.4 Å². The molecule has 0 aliphatic heterocycles. The van der Waals surface area contributed by atoms with E-state index in [1.54, 1.807) is 6.07 Å². The van der Waals surface area contributed by atoms with Gasteiger partial charge in [-0.25, -0.2) is 4.79 Å². The number of nitrogens with zero attached hydrogens (tertiary/aromatic N) is 2. The van der Waals surface area contributed by atoms with E-state index >= 15 is 0 Å². The molecule has 2 aromatic rings. The molecule has 17 heavy (non-hydrogen) atoms. The van der Waals surface area contributed by atoms with Gasteiger partial charge in [0.15, 0.2) is 0 Å². The maximum atomic E-state index is 10.5. The van der Waals surface area contributed by atoms with Gasteiger partial charge < -0.3 is 15.4 Å². The number of rotatable bonds is 4. The van der Waals surface area contributed by atoms with Crippen molar-refractivity contribution in [3.8, 4) is 0 Å². The minimum atomic E-state index is -1.19. The lowest BCUT2D eigenvalue weighted by Crippen LogP contribution is -1.99. The zero-order valence-corrected chi connectivity index (χ0v) is 8.96. The summed E-state index contributed by atoms with van der Waals surface area (Å²) in [5.41, 5.74) is 7.38. The van der Waals surface area contributed by atoms with Gasteiger partial charge in [-0.05, 0) is 29.3 Å². The maximum absolute atomic E-state index is 10.5. The first kappa shape index (κ1) is 11.1. The smallest absolute Gasteiger partial charge is 0.377 e. The molecule has 0 aliphatic rings. The number of aromatic carboxylic acids is 1. The topological polar surface area (TPSA) is 102 Å². The molecule has 0 spiro atoms. The van der Waals surface area contributed by atoms with Crippen LogP contribution >= 0.6 is 0 Å². The molecule has 0 saturated heterocycles. The summed E-state index contributed by atoms with van der Waals surface area (Å²) in [6, 6.07) is 7.46. The summed E-state index contributed by atoms with van der Waals surface area (Å²) in [5, 5.41) is 12.0. The molecule has 0 fully saturated rings. The standard InChI is InChI=1S/C11H11N3O3/c12-8-3-1-2-7(6-8)4-5-9-13-10(11(15)16)14-17-9/h1-3,6H,4-5,12H2,(H,15,16). The van der Waals surface area contributed by atoms with E-state index in [4.69, 9.17) is 15.4 Å². The molecule has 0 saturated carbocycles. The van der Waals surface area contributed by atoms with E-state index < -0.39 is 5.97 Å². The van der Waals surface area contributed by atoms with Crippen molar-refractivity contribution in [3.05, 3.63) is 41.5 Å². The number of carbonyl (C=O) groups is 1. The molecule has 6 heteroatoms. The van der Waals surface area contributed by atoms with Gasteiger partial charge in [-0.3, -0.25) is 0 Å². The summed E-state index contributed by atoms with van der Waals surface area (Å²) in [6.45, 7) is 0. The fraction of sp³-hybridized carbons (Fsp3) is 0.182. The normalized spacial score (nSPS) is 10.4. The molecule has 0 unspecified atom stereocenters. The summed E-state index contributed by atoms with van der Waals surface area (Å²) < 4.78 is 4.80. The van der Waals surface area contributed by atoms with Gasteiger partial charge in [-0.15, -0.1) is 0 Å². The average molecular weight is 233 g/mol. The van der Waals surface area contributed by atoms with Crippen LogP contribution in [0.15, 0.2) is 28.8 Å². The highest BCUT2D eigenvalue weighted by Crippen LogP contribution is 2.09. The fourth-order valence-electron chi connectivity index (χ4n) is 1.44. The minimum Gasteiger partial charge on any atom is -0.475 e. The summed E-state index contributed by atoms with van der Waals surface area (Å²) in [6.07, 6.45) is 1.16. The average Bonchev–Trinajstić information content (AvgIpc) is 2.75. The molecule has 1 aromatic carbocycles. The van der Waals surface area contributed by atoms with Crippen LogP contribution < -0.4 is 5.73 Å². The lowest BCUT2D eigenvalue weighted by Gasteiger charge is -1.99. The molecule has 0 atom stereocenters. The van der Waals surface area contributed by atoms with E-state index in [9.17, 15) is 4.79 Å². The van der Waals surface area contributed by atoms with Gasteiger partial charge in [0.1, 0.15) is 0 Å². The molecular formula is C11H11N3O3. The van der Waals surface area contributed by atoms with E-state index in [0.717, 1.165) is 5.56 Å². The van der Waals surface area contributed by atoms with Crippen molar-refractivity contribution in [1.82, 2.24) is 10.1 Å². The second-order valence-electron chi connectivity index (χ2n) is 3.56. The zero-order chi connectivity index (χ0) is 12.3. The Kier molecular flexibility index (Phi) is 3.04. The SMILES string of the molecule is Nc1cccc(CCc2nc(C(=O)O)no2)c1. The molecule has 1 aromatic heterocycles. The highest BCUT2D eigenvalue weighted by molar-refractivity contribution is 5.82. The van der Waals surface area contributed by atoms with E-state index in [2.05, 4.69) is 10.1 Å². The van der Waals surface area contributed by atoms with Gasteiger partial charge in [0.2, 0.25) is 5.89 Å². The molecule has 0 aliphatic carbocycles. The third-order valence-electron chi connectivity index (χ3n) is 2.24. The first-order valence-corrected chi connectivity index (χ1v) is 5.05. The summed E-state index contributed by atoms with van der Waals surface area (Å²) >= 11 is 0. The Hall–Kier alpha value is -2.37. The number of nitrogen functional groups attached to an aromatic ring is 1. The summed E-state index contributed by atoms with van der Waals surface area (Å²) in [5.74, 6) is -1.19. The van der Waals surface area contributed by atoms with Crippen LogP contribution in [0.4, 0.5) is 5.69 Å². The number of carboxylic acids is 1. The van der Waals surface area contributed by atoms with Crippen LogP contribution in [0, 0.1) is 0 Å². The first-order chi connectivity index (χ1) is 8.15. The third-order valence-corrected chi connectivity index (χ3v) is 2.24. The Morgan fingerprint density at radius 3 is 2.88 bits per heavy atom. The van der Waals surface area contributed by atoms with Crippen LogP contribution in [0.3, 0.4) is 0 Å². The number of aryl methyl sites for hydroxylation is 2. The molecular weight excluding hydrogens is 222 g/mol. The lowest BCUT2D eigenvalue weighted by atomic mass is 10.1. The summed E-state index contributed by atoms with van der Waals surface area (Å²) in [7, 11) is 0. The first-order valence-electron chi connectivity index (χ1n) is 5.05. The second kappa shape index (κ2) is 4.65. The van der Waals surface area contributed by atoms with E-state index in [1.807, 2.05) is 18.2 Å². The van der Waals surface area contributed by atoms with Gasteiger partial charge in [0.05, 0.1) is 0 Å². The number of hydrogen-bond acceptors (Lipinski definition) is 5. The Morgan fingerprint density at radius 2 is 2.24 bits per heavy atom. The molecule has 88 valence electrons. The number of hydrogen-bond donors (Lipinski definition) is 2. The quantitative estimate of drug-likeness (QED) is 0.767. The van der Waals surface area contributed by atoms with Crippen molar-refractivity contribution in [1.29, 1.82) is 0 Å². The Bertz CT molecular complexity index is 536. The maximum Gasteiger partial charge on any atom is 0.377 e. The molecule has 1 heterocycles. The Morgan fingerprint density at radius 1 is 1.41 bits per heavy atom. The zero-order valence-electron chi connectivity index (χ0n) is 8.96. The van der Waals surface area contributed by atoms with Gasteiger partial charge in [-0.1, -0.05) is 12.1 Å². The number of benzene rings is 1. The predicted molar refractivity (Wildman–Crippen MR) is 59.5 cm³/mol. The third kappa shape index (κ3) is 2.81. The summed E-state index contributed by atoms with van der Waals surface area (Å²) in [4.78, 5) is 14.3. The largest absolute Gasteiger partial charge is 0.475 e. The molecule has 6 nitrogen and oxygen atoms in total. The fourth-order valence-corrected chi connectivity index (χ4v) is 1.44. The Balaban J connectivity index is 2.00. The van der Waals surface area contributed by atoms with Crippen LogP contribution in [-0.2, 0) is 12.8 Å². The van der Waals surface area contributed by atoms with Gasteiger partial charge in [0.25, 0.3) is 5.82 Å². The Labute approximate surface area is 97.1 Å². The van der Waals surface area contributed by atoms with Gasteiger partial charge in [-0.2, -0.15) is 4.98 Å². The number of nitrogens with two attached hydrogens (primary N) is 1. The number of aromatic nitrogens is 2. The minimum absolute atomic E-state index is 0.310.